The first-order valence-electron chi connectivity index (χ1n) is 10.1. The molecule has 2 aromatic rings. The minimum Gasteiger partial charge on any atom is -0.508 e. The summed E-state index contributed by atoms with van der Waals surface area (Å²) in [6.07, 6.45) is 1.41. The molecule has 1 aliphatic carbocycles. The summed E-state index contributed by atoms with van der Waals surface area (Å²) in [5.41, 5.74) is 10.1. The van der Waals surface area contributed by atoms with E-state index in [0.29, 0.717) is 30.8 Å². The SMILES string of the molecule is NC[C@H](CCc1noc(CNC(=O)NC2(C(=O)O)C[C@H]2c2ccc(O)cc2)n1)CC(N)=O. The van der Waals surface area contributed by atoms with Gasteiger partial charge in [-0.05, 0) is 43.0 Å². The topological polar surface area (TPSA) is 207 Å². The molecule has 172 valence electrons. The van der Waals surface area contributed by atoms with Crippen LogP contribution in [0.2, 0.25) is 0 Å². The number of urea groups is 1. The second-order valence-electron chi connectivity index (χ2n) is 7.85. The first-order valence-corrected chi connectivity index (χ1v) is 10.1. The van der Waals surface area contributed by atoms with Crippen LogP contribution >= 0.6 is 0 Å². The van der Waals surface area contributed by atoms with Gasteiger partial charge in [-0.15, -0.1) is 0 Å². The number of hydrogen-bond donors (Lipinski definition) is 6. The highest BCUT2D eigenvalue weighted by molar-refractivity contribution is 5.91. The summed E-state index contributed by atoms with van der Waals surface area (Å²) in [5.74, 6) is -1.41. The van der Waals surface area contributed by atoms with Gasteiger partial charge in [0.15, 0.2) is 5.82 Å². The molecule has 1 heterocycles. The molecule has 12 heteroatoms. The summed E-state index contributed by atoms with van der Waals surface area (Å²) >= 11 is 0. The second-order valence-corrected chi connectivity index (χ2v) is 7.85. The van der Waals surface area contributed by atoms with E-state index in [0.717, 1.165) is 0 Å². The predicted octanol–water partition coefficient (Wildman–Crippen LogP) is -0.0318. The van der Waals surface area contributed by atoms with Crippen LogP contribution in [0.1, 0.15) is 42.5 Å². The van der Waals surface area contributed by atoms with Crippen LogP contribution in [0, 0.1) is 5.92 Å². The number of hydrogen-bond acceptors (Lipinski definition) is 8. The van der Waals surface area contributed by atoms with E-state index in [9.17, 15) is 24.6 Å². The highest BCUT2D eigenvalue weighted by Crippen LogP contribution is 2.51. The Kier molecular flexibility index (Phi) is 6.93. The monoisotopic (exact) mass is 446 g/mol. The third-order valence-corrected chi connectivity index (χ3v) is 5.48. The van der Waals surface area contributed by atoms with Gasteiger partial charge in [0.1, 0.15) is 11.3 Å². The van der Waals surface area contributed by atoms with E-state index in [1.807, 2.05) is 0 Å². The van der Waals surface area contributed by atoms with E-state index < -0.39 is 29.4 Å². The van der Waals surface area contributed by atoms with E-state index in [-0.39, 0.29) is 36.9 Å². The van der Waals surface area contributed by atoms with Crippen molar-refractivity contribution in [2.75, 3.05) is 6.54 Å². The minimum atomic E-state index is -1.42. The zero-order chi connectivity index (χ0) is 23.3. The molecule has 32 heavy (non-hydrogen) atoms. The number of nitrogens with two attached hydrogens (primary N) is 2. The average molecular weight is 446 g/mol. The van der Waals surface area contributed by atoms with E-state index in [2.05, 4.69) is 20.8 Å². The molecule has 0 saturated heterocycles. The number of carbonyl (C=O) groups is 3. The number of primary amides is 1. The van der Waals surface area contributed by atoms with Crippen molar-refractivity contribution < 1.29 is 29.1 Å². The van der Waals surface area contributed by atoms with Gasteiger partial charge in [0, 0.05) is 18.8 Å². The highest BCUT2D eigenvalue weighted by Gasteiger charge is 2.62. The number of nitrogens with one attached hydrogen (secondary N) is 2. The van der Waals surface area contributed by atoms with Gasteiger partial charge in [-0.25, -0.2) is 9.59 Å². The molecule has 1 unspecified atom stereocenters. The van der Waals surface area contributed by atoms with Crippen LogP contribution < -0.4 is 22.1 Å². The largest absolute Gasteiger partial charge is 0.508 e. The quantitative estimate of drug-likeness (QED) is 0.273. The highest BCUT2D eigenvalue weighted by atomic mass is 16.5. The van der Waals surface area contributed by atoms with Crippen molar-refractivity contribution in [1.29, 1.82) is 0 Å². The summed E-state index contributed by atoms with van der Waals surface area (Å²) in [6.45, 7) is 0.228. The number of carboxylic acids is 1. The lowest BCUT2D eigenvalue weighted by Gasteiger charge is -2.15. The third-order valence-electron chi connectivity index (χ3n) is 5.48. The number of aromatic hydroxyl groups is 1. The number of benzene rings is 1. The molecule has 12 nitrogen and oxygen atoms in total. The molecular formula is C20H26N6O6. The molecular weight excluding hydrogens is 420 g/mol. The Balaban J connectivity index is 1.50. The molecule has 1 saturated carbocycles. The van der Waals surface area contributed by atoms with Crippen LogP contribution in [-0.4, -0.2) is 50.3 Å². The van der Waals surface area contributed by atoms with Crippen molar-refractivity contribution in [3.8, 4) is 5.75 Å². The van der Waals surface area contributed by atoms with Gasteiger partial charge in [0.25, 0.3) is 0 Å². The van der Waals surface area contributed by atoms with Crippen molar-refractivity contribution in [3.63, 3.8) is 0 Å². The second kappa shape index (κ2) is 9.64. The van der Waals surface area contributed by atoms with Crippen LogP contribution in [0.4, 0.5) is 4.79 Å². The normalized spacial score (nSPS) is 20.3. The Bertz CT molecular complexity index is 977. The standard InChI is InChI=1S/C20H26N6O6/c21-9-11(7-15(22)28)1-6-16-24-17(32-26-16)10-23-19(31)25-20(18(29)30)8-14(20)12-2-4-13(27)5-3-12/h2-5,11,14,27H,1,6-10,21H2,(H2,22,28)(H,29,30)(H2,23,25,31)/t11-,14+,20?/m1/s1. The molecule has 3 atom stereocenters. The number of aliphatic carboxylic acids is 1. The molecule has 3 amide bonds. The Hall–Kier alpha value is -3.67. The lowest BCUT2D eigenvalue weighted by Crippen LogP contribution is -2.48. The number of nitrogens with zero attached hydrogens (tertiary/aromatic N) is 2. The Morgan fingerprint density at radius 2 is 2.00 bits per heavy atom. The Morgan fingerprint density at radius 3 is 2.62 bits per heavy atom. The maximum Gasteiger partial charge on any atom is 0.330 e. The molecule has 1 aliphatic rings. The van der Waals surface area contributed by atoms with Gasteiger partial charge >= 0.3 is 12.0 Å². The van der Waals surface area contributed by atoms with Gasteiger partial charge in [-0.2, -0.15) is 4.98 Å². The van der Waals surface area contributed by atoms with Gasteiger partial charge in [0.05, 0.1) is 6.54 Å². The van der Waals surface area contributed by atoms with Gasteiger partial charge in [-0.1, -0.05) is 17.3 Å². The number of phenolic OH excluding ortho intramolecular Hbond substituents is 1. The fourth-order valence-electron chi connectivity index (χ4n) is 3.59. The maximum atomic E-state index is 12.3. The lowest BCUT2D eigenvalue weighted by molar-refractivity contribution is -0.140. The molecule has 0 aliphatic heterocycles. The van der Waals surface area contributed by atoms with Crippen LogP contribution in [0.3, 0.4) is 0 Å². The number of amides is 3. The van der Waals surface area contributed by atoms with Crippen molar-refractivity contribution in [2.24, 2.45) is 17.4 Å². The summed E-state index contributed by atoms with van der Waals surface area (Å²) in [6, 6.07) is 5.51. The molecule has 0 radical (unpaired) electrons. The van der Waals surface area contributed by atoms with Gasteiger partial charge in [0.2, 0.25) is 11.8 Å². The summed E-state index contributed by atoms with van der Waals surface area (Å²) in [7, 11) is 0. The fourth-order valence-corrected chi connectivity index (χ4v) is 3.59. The average Bonchev–Trinajstić information content (AvgIpc) is 3.29. The Morgan fingerprint density at radius 1 is 1.28 bits per heavy atom. The van der Waals surface area contributed by atoms with Crippen molar-refractivity contribution in [1.82, 2.24) is 20.8 Å². The van der Waals surface area contributed by atoms with E-state index in [1.54, 1.807) is 12.1 Å². The number of aryl methyl sites for hydroxylation is 1. The van der Waals surface area contributed by atoms with Crippen LogP contribution in [0.25, 0.3) is 0 Å². The van der Waals surface area contributed by atoms with Crippen molar-refractivity contribution >= 4 is 17.9 Å². The van der Waals surface area contributed by atoms with Crippen LogP contribution in [0.15, 0.2) is 28.8 Å². The summed E-state index contributed by atoms with van der Waals surface area (Å²) in [4.78, 5) is 39.3. The fraction of sp³-hybridized carbons (Fsp3) is 0.450. The molecule has 8 N–H and O–H groups in total. The first-order chi connectivity index (χ1) is 15.2. The molecule has 0 bridgehead atoms. The zero-order valence-electron chi connectivity index (χ0n) is 17.3. The number of rotatable bonds is 11. The molecule has 1 fully saturated rings. The van der Waals surface area contributed by atoms with Crippen LogP contribution in [-0.2, 0) is 22.6 Å². The molecule has 1 aromatic carbocycles. The third kappa shape index (κ3) is 5.52. The molecule has 0 spiro atoms. The number of carbonyl (C=O) groups excluding carboxylic acids is 2. The van der Waals surface area contributed by atoms with Crippen molar-refractivity contribution in [2.45, 2.75) is 43.7 Å². The summed E-state index contributed by atoms with van der Waals surface area (Å²) in [5, 5.41) is 27.9. The summed E-state index contributed by atoms with van der Waals surface area (Å²) < 4.78 is 5.09. The Labute approximate surface area is 183 Å². The maximum absolute atomic E-state index is 12.3. The van der Waals surface area contributed by atoms with Crippen molar-refractivity contribution in [3.05, 3.63) is 41.5 Å². The minimum absolute atomic E-state index is 0.0753. The number of aromatic nitrogens is 2. The lowest BCUT2D eigenvalue weighted by atomic mass is 9.99. The number of carboxylic acid groups (broad SMARTS) is 1. The number of phenols is 1. The van der Waals surface area contributed by atoms with Gasteiger partial charge < -0.3 is 36.8 Å². The smallest absolute Gasteiger partial charge is 0.330 e. The van der Waals surface area contributed by atoms with E-state index in [1.165, 1.54) is 12.1 Å². The zero-order valence-corrected chi connectivity index (χ0v) is 17.3. The molecule has 3 rings (SSSR count). The first kappa shape index (κ1) is 23.0. The molecule has 1 aromatic heterocycles. The predicted molar refractivity (Wildman–Crippen MR) is 110 cm³/mol. The van der Waals surface area contributed by atoms with Gasteiger partial charge in [-0.3, -0.25) is 4.79 Å². The van der Waals surface area contributed by atoms with E-state index in [4.69, 9.17) is 16.0 Å². The van der Waals surface area contributed by atoms with E-state index >= 15 is 0 Å². The van der Waals surface area contributed by atoms with Crippen LogP contribution in [0.5, 0.6) is 5.75 Å².